The summed E-state index contributed by atoms with van der Waals surface area (Å²) in [4.78, 5) is 0. The van der Waals surface area contributed by atoms with Crippen LogP contribution in [0.2, 0.25) is 0 Å². The first kappa shape index (κ1) is 23.7. The summed E-state index contributed by atoms with van der Waals surface area (Å²) < 4.78 is 0. The van der Waals surface area contributed by atoms with E-state index < -0.39 is 0 Å². The first-order chi connectivity index (χ1) is 13.8. The van der Waals surface area contributed by atoms with Crippen molar-refractivity contribution < 1.29 is 0 Å². The SMILES string of the molecule is C=C.CN.CSCCc1ccc(/C=C/c2ccc(C3=CCCC=C3)cc2)cc1. The summed E-state index contributed by atoms with van der Waals surface area (Å²) in [5.41, 5.74) is 11.1. The van der Waals surface area contributed by atoms with Gasteiger partial charge in [0.25, 0.3) is 0 Å². The summed E-state index contributed by atoms with van der Waals surface area (Å²) in [6.45, 7) is 6.00. The lowest BCUT2D eigenvalue weighted by Gasteiger charge is -2.07. The van der Waals surface area contributed by atoms with Gasteiger partial charge in [0.1, 0.15) is 0 Å². The van der Waals surface area contributed by atoms with Gasteiger partial charge in [-0.1, -0.05) is 78.9 Å². The number of nitrogens with two attached hydrogens (primary N) is 1. The summed E-state index contributed by atoms with van der Waals surface area (Å²) in [7, 11) is 1.50. The number of allylic oxidation sites excluding steroid dienone is 4. The molecular weight excluding hydrogens is 358 g/mol. The zero-order chi connectivity index (χ0) is 20.6. The van der Waals surface area contributed by atoms with Crippen molar-refractivity contribution >= 4 is 29.5 Å². The first-order valence-electron chi connectivity index (χ1n) is 9.66. The van der Waals surface area contributed by atoms with Gasteiger partial charge in [0.05, 0.1) is 0 Å². The van der Waals surface area contributed by atoms with Gasteiger partial charge in [0.15, 0.2) is 0 Å². The highest BCUT2D eigenvalue weighted by Crippen LogP contribution is 2.22. The molecule has 1 nitrogen and oxygen atoms in total. The molecule has 2 heteroatoms. The van der Waals surface area contributed by atoms with Crippen molar-refractivity contribution in [2.45, 2.75) is 19.3 Å². The number of rotatable bonds is 6. The van der Waals surface area contributed by atoms with Crippen LogP contribution >= 0.6 is 11.8 Å². The molecule has 0 spiro atoms. The molecule has 1 aliphatic rings. The number of aryl methyl sites for hydroxylation is 1. The second kappa shape index (κ2) is 14.7. The minimum absolute atomic E-state index is 1.15. The molecule has 2 aromatic rings. The Bertz CT molecular complexity index is 752. The van der Waals surface area contributed by atoms with Crippen LogP contribution in [0.15, 0.2) is 79.9 Å². The highest BCUT2D eigenvalue weighted by molar-refractivity contribution is 7.98. The second-order valence-corrected chi connectivity index (χ2v) is 7.06. The van der Waals surface area contributed by atoms with Crippen molar-refractivity contribution in [2.24, 2.45) is 5.73 Å². The van der Waals surface area contributed by atoms with Gasteiger partial charge in [-0.3, -0.25) is 0 Å². The van der Waals surface area contributed by atoms with E-state index in [-0.39, 0.29) is 0 Å². The molecule has 148 valence electrons. The molecule has 28 heavy (non-hydrogen) atoms. The quantitative estimate of drug-likeness (QED) is 0.429. The summed E-state index contributed by atoms with van der Waals surface area (Å²) in [5, 5.41) is 0. The minimum atomic E-state index is 1.15. The Hall–Kier alpha value is -2.29. The largest absolute Gasteiger partial charge is 0.333 e. The zero-order valence-corrected chi connectivity index (χ0v) is 18.1. The molecule has 0 saturated heterocycles. The highest BCUT2D eigenvalue weighted by atomic mass is 32.2. The summed E-state index contributed by atoms with van der Waals surface area (Å²) >= 11 is 1.90. The van der Waals surface area contributed by atoms with Gasteiger partial charge in [-0.25, -0.2) is 0 Å². The molecule has 2 aromatic carbocycles. The van der Waals surface area contributed by atoms with Crippen molar-refractivity contribution in [3.8, 4) is 0 Å². The predicted molar refractivity (Wildman–Crippen MR) is 132 cm³/mol. The third-order valence-corrected chi connectivity index (χ3v) is 4.89. The zero-order valence-electron chi connectivity index (χ0n) is 17.2. The smallest absolute Gasteiger partial charge is 0.00298 e. The lowest BCUT2D eigenvalue weighted by atomic mass is 9.98. The molecular formula is C26H33NS. The molecule has 0 amide bonds. The molecule has 0 heterocycles. The fraction of sp³-hybridized carbons (Fsp3) is 0.231. The number of hydrogen-bond donors (Lipinski definition) is 1. The Morgan fingerprint density at radius 3 is 1.96 bits per heavy atom. The maximum absolute atomic E-state index is 4.50. The van der Waals surface area contributed by atoms with Crippen LogP contribution in [0.25, 0.3) is 17.7 Å². The van der Waals surface area contributed by atoms with E-state index in [4.69, 9.17) is 0 Å². The van der Waals surface area contributed by atoms with Crippen LogP contribution in [0.4, 0.5) is 0 Å². The Labute approximate surface area is 175 Å². The molecule has 0 saturated carbocycles. The van der Waals surface area contributed by atoms with Crippen LogP contribution in [0.3, 0.4) is 0 Å². The average molecular weight is 392 g/mol. The van der Waals surface area contributed by atoms with Gasteiger partial charge in [-0.15, -0.1) is 13.2 Å². The van der Waals surface area contributed by atoms with Crippen LogP contribution < -0.4 is 5.73 Å². The van der Waals surface area contributed by atoms with Crippen LogP contribution in [0.5, 0.6) is 0 Å². The Morgan fingerprint density at radius 2 is 1.46 bits per heavy atom. The van der Waals surface area contributed by atoms with E-state index in [9.17, 15) is 0 Å². The van der Waals surface area contributed by atoms with E-state index in [0.29, 0.717) is 0 Å². The molecule has 0 atom stereocenters. The molecule has 0 radical (unpaired) electrons. The van der Waals surface area contributed by atoms with Gasteiger partial charge in [0, 0.05) is 0 Å². The van der Waals surface area contributed by atoms with E-state index in [1.807, 2.05) is 11.8 Å². The fourth-order valence-electron chi connectivity index (χ4n) is 2.82. The van der Waals surface area contributed by atoms with Gasteiger partial charge in [-0.05, 0) is 66.1 Å². The van der Waals surface area contributed by atoms with Crippen LogP contribution in [0, 0.1) is 0 Å². The summed E-state index contributed by atoms with van der Waals surface area (Å²) in [6.07, 6.45) is 16.8. The normalized spacial score (nSPS) is 12.5. The monoisotopic (exact) mass is 391 g/mol. The fourth-order valence-corrected chi connectivity index (χ4v) is 3.26. The molecule has 0 fully saturated rings. The van der Waals surface area contributed by atoms with E-state index in [1.54, 1.807) is 0 Å². The van der Waals surface area contributed by atoms with E-state index in [1.165, 1.54) is 47.0 Å². The number of hydrogen-bond acceptors (Lipinski definition) is 2. The van der Waals surface area contributed by atoms with Crippen molar-refractivity contribution in [3.05, 3.63) is 102 Å². The van der Waals surface area contributed by atoms with Crippen molar-refractivity contribution in [1.29, 1.82) is 0 Å². The lowest BCUT2D eigenvalue weighted by Crippen LogP contribution is -1.87. The van der Waals surface area contributed by atoms with Crippen molar-refractivity contribution in [3.63, 3.8) is 0 Å². The molecule has 1 aliphatic carbocycles. The molecule has 2 N–H and O–H groups in total. The Kier molecular flexibility index (Phi) is 12.5. The number of benzene rings is 2. The maximum atomic E-state index is 4.50. The van der Waals surface area contributed by atoms with Crippen molar-refractivity contribution in [2.75, 3.05) is 19.1 Å². The van der Waals surface area contributed by atoms with Gasteiger partial charge in [-0.2, -0.15) is 11.8 Å². The van der Waals surface area contributed by atoms with Gasteiger partial charge in [0.2, 0.25) is 0 Å². The van der Waals surface area contributed by atoms with Crippen molar-refractivity contribution in [1.82, 2.24) is 0 Å². The molecule has 0 bridgehead atoms. The van der Waals surface area contributed by atoms with Crippen LogP contribution in [-0.2, 0) is 6.42 Å². The Balaban J connectivity index is 0.000000921. The molecule has 0 aliphatic heterocycles. The predicted octanol–water partition coefficient (Wildman–Crippen LogP) is 6.87. The lowest BCUT2D eigenvalue weighted by molar-refractivity contribution is 1.04. The Morgan fingerprint density at radius 1 is 0.893 bits per heavy atom. The first-order valence-corrected chi connectivity index (χ1v) is 11.1. The highest BCUT2D eigenvalue weighted by Gasteiger charge is 2.00. The van der Waals surface area contributed by atoms with Gasteiger partial charge >= 0.3 is 0 Å². The third kappa shape index (κ3) is 8.16. The minimum Gasteiger partial charge on any atom is -0.333 e. The van der Waals surface area contributed by atoms with Crippen LogP contribution in [-0.4, -0.2) is 19.1 Å². The maximum Gasteiger partial charge on any atom is -0.00298 e. The molecule has 0 unspecified atom stereocenters. The van der Waals surface area contributed by atoms with E-state index in [0.717, 1.165) is 12.8 Å². The average Bonchev–Trinajstić information content (AvgIpc) is 2.80. The molecule has 3 rings (SSSR count). The topological polar surface area (TPSA) is 26.0 Å². The second-order valence-electron chi connectivity index (χ2n) is 6.08. The third-order valence-electron chi connectivity index (χ3n) is 4.28. The standard InChI is InChI=1S/C23H24S.C2H4.CH5N/c1-24-18-17-21-11-9-19(10-12-21)7-8-20-13-15-23(16-14-20)22-5-3-2-4-6-22;2*1-2/h3,5-16H,2,4,17-18H2,1H3;1-2H2;2H2,1H3/b8-7+;;. The van der Waals surface area contributed by atoms with Crippen LogP contribution in [0.1, 0.15) is 35.1 Å². The van der Waals surface area contributed by atoms with Gasteiger partial charge < -0.3 is 5.73 Å². The van der Waals surface area contributed by atoms with E-state index in [2.05, 4.69) is 104 Å². The summed E-state index contributed by atoms with van der Waals surface area (Å²) in [5.74, 6) is 1.19. The summed E-state index contributed by atoms with van der Waals surface area (Å²) in [6, 6.07) is 17.7. The van der Waals surface area contributed by atoms with E-state index >= 15 is 0 Å². The number of thioether (sulfide) groups is 1. The molecule has 0 aromatic heterocycles.